The molecule has 1 rings (SSSR count). The number of hydrogen-bond acceptors (Lipinski definition) is 3. The summed E-state index contributed by atoms with van der Waals surface area (Å²) in [5, 5.41) is 19.5. The van der Waals surface area contributed by atoms with Crippen molar-refractivity contribution in [3.8, 4) is 0 Å². The minimum absolute atomic E-state index is 0.111. The zero-order valence-corrected chi connectivity index (χ0v) is 9.19. The van der Waals surface area contributed by atoms with Gasteiger partial charge in [-0.2, -0.15) is 13.2 Å². The van der Waals surface area contributed by atoms with Gasteiger partial charge in [0.05, 0.1) is 5.94 Å². The molecule has 0 aliphatic rings. The molecule has 3 N–H and O–H groups in total. The molecule has 0 bridgehead atoms. The van der Waals surface area contributed by atoms with Crippen LogP contribution in [0, 0.1) is 0 Å². The SMILES string of the molecule is O=C(N[C@@H](Cc1ccccc1)B(O)O)C(F)(F)F. The standard InChI is InChI=1S/C10H11BF3NO3/c12-10(13,14)9(16)15-8(11(17)18)6-7-4-2-1-3-5-7/h1-5,8,17-18H,6H2,(H,15,16)/t8-/m0/s1. The highest BCUT2D eigenvalue weighted by Crippen LogP contribution is 2.15. The predicted octanol–water partition coefficient (Wildman–Crippen LogP) is 0.288. The summed E-state index contributed by atoms with van der Waals surface area (Å²) in [5.74, 6) is -3.61. The topological polar surface area (TPSA) is 69.6 Å². The fourth-order valence-corrected chi connectivity index (χ4v) is 1.35. The van der Waals surface area contributed by atoms with Crippen molar-refractivity contribution >= 4 is 13.0 Å². The van der Waals surface area contributed by atoms with Crippen LogP contribution in [0.1, 0.15) is 5.56 Å². The van der Waals surface area contributed by atoms with Gasteiger partial charge in [-0.05, 0) is 12.0 Å². The van der Waals surface area contributed by atoms with Crippen molar-refractivity contribution in [1.29, 1.82) is 0 Å². The fraction of sp³-hybridized carbons (Fsp3) is 0.300. The van der Waals surface area contributed by atoms with Gasteiger partial charge in [-0.25, -0.2) is 0 Å². The van der Waals surface area contributed by atoms with Gasteiger partial charge < -0.3 is 15.4 Å². The van der Waals surface area contributed by atoms with Crippen LogP contribution in [0.3, 0.4) is 0 Å². The minimum atomic E-state index is -5.05. The summed E-state index contributed by atoms with van der Waals surface area (Å²) in [6.07, 6.45) is -5.16. The number of nitrogens with one attached hydrogen (secondary N) is 1. The molecule has 0 unspecified atom stereocenters. The summed E-state index contributed by atoms with van der Waals surface area (Å²) in [6, 6.07) is 8.23. The van der Waals surface area contributed by atoms with E-state index in [1.807, 2.05) is 0 Å². The second-order valence-electron chi connectivity index (χ2n) is 3.68. The lowest BCUT2D eigenvalue weighted by molar-refractivity contribution is -0.174. The maximum Gasteiger partial charge on any atom is 0.475 e. The van der Waals surface area contributed by atoms with Crippen molar-refractivity contribution in [3.63, 3.8) is 0 Å². The Kier molecular flexibility index (Phi) is 4.74. The van der Waals surface area contributed by atoms with Crippen LogP contribution >= 0.6 is 0 Å². The molecule has 0 aliphatic carbocycles. The van der Waals surface area contributed by atoms with Gasteiger partial charge in [0.1, 0.15) is 0 Å². The van der Waals surface area contributed by atoms with Gasteiger partial charge in [0.25, 0.3) is 0 Å². The van der Waals surface area contributed by atoms with E-state index in [0.29, 0.717) is 5.56 Å². The van der Waals surface area contributed by atoms with E-state index in [-0.39, 0.29) is 6.42 Å². The quantitative estimate of drug-likeness (QED) is 0.682. The van der Waals surface area contributed by atoms with E-state index in [1.165, 1.54) is 0 Å². The molecule has 0 radical (unpaired) electrons. The second-order valence-corrected chi connectivity index (χ2v) is 3.68. The van der Waals surface area contributed by atoms with E-state index >= 15 is 0 Å². The second kappa shape index (κ2) is 5.88. The average molecular weight is 261 g/mol. The lowest BCUT2D eigenvalue weighted by Crippen LogP contribution is -2.51. The first kappa shape index (κ1) is 14.5. The molecule has 1 atom stereocenters. The molecular weight excluding hydrogens is 250 g/mol. The molecule has 0 aliphatic heterocycles. The first-order valence-corrected chi connectivity index (χ1v) is 5.08. The third kappa shape index (κ3) is 4.38. The third-order valence-electron chi connectivity index (χ3n) is 2.23. The lowest BCUT2D eigenvalue weighted by Gasteiger charge is -2.18. The fourth-order valence-electron chi connectivity index (χ4n) is 1.35. The van der Waals surface area contributed by atoms with E-state index < -0.39 is 25.1 Å². The summed E-state index contributed by atoms with van der Waals surface area (Å²) in [6.45, 7) is 0. The first-order valence-electron chi connectivity index (χ1n) is 5.08. The number of halogens is 3. The third-order valence-corrected chi connectivity index (χ3v) is 2.23. The monoisotopic (exact) mass is 261 g/mol. The van der Waals surface area contributed by atoms with Crippen LogP contribution in [0.15, 0.2) is 30.3 Å². The molecule has 0 fully saturated rings. The van der Waals surface area contributed by atoms with Gasteiger partial charge in [0, 0.05) is 0 Å². The smallest absolute Gasteiger partial charge is 0.426 e. The molecule has 0 saturated heterocycles. The number of rotatable bonds is 4. The van der Waals surface area contributed by atoms with E-state index in [9.17, 15) is 18.0 Å². The molecule has 1 aromatic rings. The van der Waals surface area contributed by atoms with Crippen molar-refractivity contribution in [2.24, 2.45) is 0 Å². The number of amides is 1. The summed E-state index contributed by atoms with van der Waals surface area (Å²) < 4.78 is 36.1. The predicted molar refractivity (Wildman–Crippen MR) is 58.3 cm³/mol. The number of hydrogen-bond donors (Lipinski definition) is 3. The number of benzene rings is 1. The lowest BCUT2D eigenvalue weighted by atomic mass is 9.76. The Balaban J connectivity index is 2.70. The molecule has 18 heavy (non-hydrogen) atoms. The molecule has 4 nitrogen and oxygen atoms in total. The van der Waals surface area contributed by atoms with Crippen LogP contribution < -0.4 is 5.32 Å². The van der Waals surface area contributed by atoms with Gasteiger partial charge >= 0.3 is 19.2 Å². The van der Waals surface area contributed by atoms with Crippen LogP contribution in [0.4, 0.5) is 13.2 Å². The molecular formula is C10H11BF3NO3. The van der Waals surface area contributed by atoms with Gasteiger partial charge in [-0.1, -0.05) is 30.3 Å². The van der Waals surface area contributed by atoms with Gasteiger partial charge in [-0.3, -0.25) is 4.79 Å². The highest BCUT2D eigenvalue weighted by Gasteiger charge is 2.41. The summed E-state index contributed by atoms with van der Waals surface area (Å²) in [7, 11) is -2.07. The maximum atomic E-state index is 12.0. The highest BCUT2D eigenvalue weighted by molar-refractivity contribution is 6.43. The van der Waals surface area contributed by atoms with E-state index in [0.717, 1.165) is 0 Å². The summed E-state index contributed by atoms with van der Waals surface area (Å²) >= 11 is 0. The Labute approximate surface area is 102 Å². The molecule has 0 aromatic heterocycles. The zero-order valence-electron chi connectivity index (χ0n) is 9.19. The first-order chi connectivity index (χ1) is 8.30. The van der Waals surface area contributed by atoms with E-state index in [1.54, 1.807) is 35.6 Å². The van der Waals surface area contributed by atoms with Crippen LogP contribution in [-0.2, 0) is 11.2 Å². The van der Waals surface area contributed by atoms with E-state index in [4.69, 9.17) is 10.0 Å². The Bertz CT molecular complexity index is 397. The number of carbonyl (C=O) groups is 1. The van der Waals surface area contributed by atoms with Crippen molar-refractivity contribution in [3.05, 3.63) is 35.9 Å². The molecule has 0 spiro atoms. The zero-order chi connectivity index (χ0) is 13.8. The van der Waals surface area contributed by atoms with Crippen LogP contribution in [-0.4, -0.2) is 35.2 Å². The van der Waals surface area contributed by atoms with Crippen LogP contribution in [0.2, 0.25) is 0 Å². The number of carbonyl (C=O) groups excluding carboxylic acids is 1. The Morgan fingerprint density at radius 1 is 1.28 bits per heavy atom. The Morgan fingerprint density at radius 2 is 1.83 bits per heavy atom. The largest absolute Gasteiger partial charge is 0.475 e. The minimum Gasteiger partial charge on any atom is -0.426 e. The molecule has 98 valence electrons. The van der Waals surface area contributed by atoms with Gasteiger partial charge in [0.2, 0.25) is 0 Å². The number of alkyl halides is 3. The highest BCUT2D eigenvalue weighted by atomic mass is 19.4. The van der Waals surface area contributed by atoms with Crippen LogP contribution in [0.5, 0.6) is 0 Å². The van der Waals surface area contributed by atoms with Gasteiger partial charge in [-0.15, -0.1) is 0 Å². The Morgan fingerprint density at radius 3 is 2.28 bits per heavy atom. The Hall–Kier alpha value is -1.54. The van der Waals surface area contributed by atoms with Crippen molar-refractivity contribution in [2.45, 2.75) is 18.5 Å². The van der Waals surface area contributed by atoms with Crippen molar-refractivity contribution in [2.75, 3.05) is 0 Å². The van der Waals surface area contributed by atoms with E-state index in [2.05, 4.69) is 0 Å². The normalized spacial score (nSPS) is 12.9. The summed E-state index contributed by atoms with van der Waals surface area (Å²) in [5.41, 5.74) is 0.582. The summed E-state index contributed by atoms with van der Waals surface area (Å²) in [4.78, 5) is 10.7. The maximum absolute atomic E-state index is 12.0. The molecule has 0 saturated carbocycles. The average Bonchev–Trinajstić information content (AvgIpc) is 2.28. The molecule has 8 heteroatoms. The van der Waals surface area contributed by atoms with Crippen molar-refractivity contribution in [1.82, 2.24) is 5.32 Å². The van der Waals surface area contributed by atoms with Crippen molar-refractivity contribution < 1.29 is 28.0 Å². The molecule has 1 amide bonds. The molecule has 1 aromatic carbocycles. The molecule has 0 heterocycles. The van der Waals surface area contributed by atoms with Crippen LogP contribution in [0.25, 0.3) is 0 Å². The van der Waals surface area contributed by atoms with Gasteiger partial charge in [0.15, 0.2) is 0 Å².